The van der Waals surface area contributed by atoms with Gasteiger partial charge in [0, 0.05) is 5.92 Å². The molecule has 1 saturated carbocycles. The van der Waals surface area contributed by atoms with Crippen LogP contribution < -0.4 is 10.5 Å². The molecule has 1 aromatic carbocycles. The van der Waals surface area contributed by atoms with Gasteiger partial charge in [-0.3, -0.25) is 0 Å². The van der Waals surface area contributed by atoms with E-state index >= 15 is 0 Å². The second kappa shape index (κ2) is 4.42. The van der Waals surface area contributed by atoms with Gasteiger partial charge < -0.3 is 15.0 Å². The molecule has 0 aliphatic heterocycles. The number of aromatic nitrogens is 2. The van der Waals surface area contributed by atoms with E-state index < -0.39 is 0 Å². The standard InChI is InChI=1S/C13H15N3O2/c1-17-10-6-4-8(5-7-10)11(14)12-15-13(18-16-12)9-2-3-9/h4-7,9,11H,2-3,14H2,1H3. The maximum Gasteiger partial charge on any atom is 0.229 e. The van der Waals surface area contributed by atoms with E-state index in [0.717, 1.165) is 24.2 Å². The van der Waals surface area contributed by atoms with Crippen LogP contribution >= 0.6 is 0 Å². The molecule has 1 aromatic heterocycles. The van der Waals surface area contributed by atoms with Crippen LogP contribution in [0.25, 0.3) is 0 Å². The number of benzene rings is 1. The van der Waals surface area contributed by atoms with Crippen molar-refractivity contribution in [1.82, 2.24) is 10.1 Å². The Kier molecular flexibility index (Phi) is 2.76. The molecule has 2 aromatic rings. The SMILES string of the molecule is COc1ccc(C(N)c2noc(C3CC3)n2)cc1. The fraction of sp³-hybridized carbons (Fsp3) is 0.385. The quantitative estimate of drug-likeness (QED) is 0.891. The average Bonchev–Trinajstić information content (AvgIpc) is 3.16. The molecular weight excluding hydrogens is 230 g/mol. The third-order valence-corrected chi connectivity index (χ3v) is 3.14. The molecule has 3 rings (SSSR count). The first-order valence-electron chi connectivity index (χ1n) is 6.01. The van der Waals surface area contributed by atoms with Gasteiger partial charge in [0.2, 0.25) is 5.89 Å². The lowest BCUT2D eigenvalue weighted by atomic mass is 10.1. The Morgan fingerprint density at radius 3 is 2.67 bits per heavy atom. The third kappa shape index (κ3) is 2.09. The molecule has 1 heterocycles. The predicted molar refractivity (Wildman–Crippen MR) is 65.3 cm³/mol. The Labute approximate surface area is 105 Å². The Morgan fingerprint density at radius 1 is 1.33 bits per heavy atom. The monoisotopic (exact) mass is 245 g/mol. The highest BCUT2D eigenvalue weighted by Crippen LogP contribution is 2.39. The number of methoxy groups -OCH3 is 1. The van der Waals surface area contributed by atoms with Crippen LogP contribution in [-0.4, -0.2) is 17.3 Å². The molecule has 1 atom stereocenters. The zero-order chi connectivity index (χ0) is 12.5. The average molecular weight is 245 g/mol. The summed E-state index contributed by atoms with van der Waals surface area (Å²) in [6.07, 6.45) is 2.28. The van der Waals surface area contributed by atoms with Crippen LogP contribution in [0.15, 0.2) is 28.8 Å². The van der Waals surface area contributed by atoms with Crippen molar-refractivity contribution in [2.24, 2.45) is 5.73 Å². The highest BCUT2D eigenvalue weighted by molar-refractivity contribution is 5.31. The van der Waals surface area contributed by atoms with Gasteiger partial charge in [0.25, 0.3) is 0 Å². The topological polar surface area (TPSA) is 74.2 Å². The number of rotatable bonds is 4. The summed E-state index contributed by atoms with van der Waals surface area (Å²) in [5.74, 6) is 2.52. The molecule has 5 heteroatoms. The summed E-state index contributed by atoms with van der Waals surface area (Å²) in [6.45, 7) is 0. The van der Waals surface area contributed by atoms with Crippen LogP contribution in [0, 0.1) is 0 Å². The van der Waals surface area contributed by atoms with Gasteiger partial charge in [-0.15, -0.1) is 0 Å². The van der Waals surface area contributed by atoms with E-state index in [0.29, 0.717) is 17.6 Å². The van der Waals surface area contributed by atoms with E-state index in [-0.39, 0.29) is 6.04 Å². The Morgan fingerprint density at radius 2 is 2.06 bits per heavy atom. The normalized spacial score (nSPS) is 16.6. The highest BCUT2D eigenvalue weighted by atomic mass is 16.5. The van der Waals surface area contributed by atoms with Gasteiger partial charge in [-0.25, -0.2) is 0 Å². The molecule has 0 amide bonds. The molecule has 0 radical (unpaired) electrons. The summed E-state index contributed by atoms with van der Waals surface area (Å²) >= 11 is 0. The lowest BCUT2D eigenvalue weighted by Crippen LogP contribution is -2.13. The Bertz CT molecular complexity index is 531. The van der Waals surface area contributed by atoms with E-state index in [1.165, 1.54) is 0 Å². The van der Waals surface area contributed by atoms with E-state index in [9.17, 15) is 0 Å². The largest absolute Gasteiger partial charge is 0.497 e. The van der Waals surface area contributed by atoms with Crippen molar-refractivity contribution in [2.75, 3.05) is 7.11 Å². The van der Waals surface area contributed by atoms with Gasteiger partial charge in [0.15, 0.2) is 5.82 Å². The second-order valence-electron chi connectivity index (χ2n) is 4.52. The first-order valence-corrected chi connectivity index (χ1v) is 6.01. The van der Waals surface area contributed by atoms with E-state index in [2.05, 4.69) is 10.1 Å². The van der Waals surface area contributed by atoms with Crippen LogP contribution in [0.5, 0.6) is 5.75 Å². The molecule has 1 fully saturated rings. The minimum atomic E-state index is -0.354. The first-order chi connectivity index (χ1) is 8.78. The van der Waals surface area contributed by atoms with Gasteiger partial charge in [0.05, 0.1) is 13.2 Å². The van der Waals surface area contributed by atoms with E-state index in [1.54, 1.807) is 7.11 Å². The summed E-state index contributed by atoms with van der Waals surface area (Å²) in [5.41, 5.74) is 7.06. The summed E-state index contributed by atoms with van der Waals surface area (Å²) in [7, 11) is 1.63. The van der Waals surface area contributed by atoms with Crippen molar-refractivity contribution in [1.29, 1.82) is 0 Å². The number of hydrogen-bond acceptors (Lipinski definition) is 5. The molecule has 1 aliphatic carbocycles. The molecule has 18 heavy (non-hydrogen) atoms. The van der Waals surface area contributed by atoms with Crippen molar-refractivity contribution in [3.63, 3.8) is 0 Å². The minimum absolute atomic E-state index is 0.354. The summed E-state index contributed by atoms with van der Waals surface area (Å²) in [5, 5.41) is 3.95. The van der Waals surface area contributed by atoms with Crippen molar-refractivity contribution in [3.8, 4) is 5.75 Å². The van der Waals surface area contributed by atoms with Crippen LogP contribution in [0.3, 0.4) is 0 Å². The number of ether oxygens (including phenoxy) is 1. The van der Waals surface area contributed by atoms with Crippen LogP contribution in [0.1, 0.15) is 42.1 Å². The molecule has 2 N–H and O–H groups in total. The molecule has 0 saturated heterocycles. The third-order valence-electron chi connectivity index (χ3n) is 3.14. The van der Waals surface area contributed by atoms with Crippen LogP contribution in [-0.2, 0) is 0 Å². The fourth-order valence-corrected chi connectivity index (χ4v) is 1.83. The van der Waals surface area contributed by atoms with Gasteiger partial charge in [-0.05, 0) is 30.5 Å². The van der Waals surface area contributed by atoms with Crippen molar-refractivity contribution >= 4 is 0 Å². The fourth-order valence-electron chi connectivity index (χ4n) is 1.83. The van der Waals surface area contributed by atoms with Gasteiger partial charge >= 0.3 is 0 Å². The lowest BCUT2D eigenvalue weighted by Gasteiger charge is -2.07. The number of nitrogens with zero attached hydrogens (tertiary/aromatic N) is 2. The van der Waals surface area contributed by atoms with Crippen LogP contribution in [0.2, 0.25) is 0 Å². The summed E-state index contributed by atoms with van der Waals surface area (Å²) in [6, 6.07) is 7.22. The van der Waals surface area contributed by atoms with Crippen molar-refractivity contribution < 1.29 is 9.26 Å². The summed E-state index contributed by atoms with van der Waals surface area (Å²) < 4.78 is 10.3. The van der Waals surface area contributed by atoms with Crippen molar-refractivity contribution in [3.05, 3.63) is 41.5 Å². The molecule has 94 valence electrons. The molecule has 0 spiro atoms. The van der Waals surface area contributed by atoms with Crippen LogP contribution in [0.4, 0.5) is 0 Å². The molecular formula is C13H15N3O2. The first kappa shape index (κ1) is 11.2. The maximum atomic E-state index is 6.12. The van der Waals surface area contributed by atoms with Gasteiger partial charge in [0.1, 0.15) is 5.75 Å². The highest BCUT2D eigenvalue weighted by Gasteiger charge is 2.30. The number of nitrogens with two attached hydrogens (primary N) is 1. The molecule has 0 bridgehead atoms. The Hall–Kier alpha value is -1.88. The molecule has 1 aliphatic rings. The molecule has 5 nitrogen and oxygen atoms in total. The molecule has 1 unspecified atom stereocenters. The zero-order valence-electron chi connectivity index (χ0n) is 10.2. The lowest BCUT2D eigenvalue weighted by molar-refractivity contribution is 0.372. The maximum absolute atomic E-state index is 6.12. The second-order valence-corrected chi connectivity index (χ2v) is 4.52. The van der Waals surface area contributed by atoms with Crippen molar-refractivity contribution in [2.45, 2.75) is 24.8 Å². The minimum Gasteiger partial charge on any atom is -0.497 e. The number of hydrogen-bond donors (Lipinski definition) is 1. The Balaban J connectivity index is 1.80. The zero-order valence-corrected chi connectivity index (χ0v) is 10.2. The van der Waals surface area contributed by atoms with Gasteiger partial charge in [-0.2, -0.15) is 4.98 Å². The predicted octanol–water partition coefficient (Wildman–Crippen LogP) is 2.00. The van der Waals surface area contributed by atoms with E-state index in [1.807, 2.05) is 24.3 Å². The smallest absolute Gasteiger partial charge is 0.229 e. The summed E-state index contributed by atoms with van der Waals surface area (Å²) in [4.78, 5) is 4.36. The van der Waals surface area contributed by atoms with Gasteiger partial charge in [-0.1, -0.05) is 17.3 Å². The van der Waals surface area contributed by atoms with E-state index in [4.69, 9.17) is 15.0 Å².